The summed E-state index contributed by atoms with van der Waals surface area (Å²) in [6, 6.07) is 4.45. The molecule has 7 N–H and O–H groups in total. The molecule has 0 radical (unpaired) electrons. The van der Waals surface area contributed by atoms with Crippen LogP contribution in [0.2, 0.25) is 0 Å². The highest BCUT2D eigenvalue weighted by atomic mass is 32.2. The summed E-state index contributed by atoms with van der Waals surface area (Å²) in [5.41, 5.74) is 6.58. The van der Waals surface area contributed by atoms with Gasteiger partial charge in [0.15, 0.2) is 0 Å². The van der Waals surface area contributed by atoms with Crippen molar-refractivity contribution in [1.29, 1.82) is 0 Å². The Labute approximate surface area is 172 Å². The molecule has 2 atom stereocenters. The number of amides is 3. The van der Waals surface area contributed by atoms with Gasteiger partial charge in [-0.3, -0.25) is 19.2 Å². The van der Waals surface area contributed by atoms with Gasteiger partial charge in [0, 0.05) is 0 Å². The van der Waals surface area contributed by atoms with E-state index in [1.807, 2.05) is 6.26 Å². The van der Waals surface area contributed by atoms with Crippen LogP contribution in [0.5, 0.6) is 5.75 Å². The summed E-state index contributed by atoms with van der Waals surface area (Å²) in [6.45, 7) is -0.919. The van der Waals surface area contributed by atoms with E-state index in [0.29, 0.717) is 12.2 Å². The van der Waals surface area contributed by atoms with Crippen LogP contribution in [0.15, 0.2) is 24.3 Å². The summed E-state index contributed by atoms with van der Waals surface area (Å²) < 4.78 is 0. The van der Waals surface area contributed by atoms with Crippen molar-refractivity contribution in [2.75, 3.05) is 25.1 Å². The number of aromatic hydroxyl groups is 1. The lowest BCUT2D eigenvalue weighted by Gasteiger charge is -2.18. The minimum absolute atomic E-state index is 0.104. The molecule has 1 aromatic carbocycles. The Kier molecular flexibility index (Phi) is 10.6. The normalized spacial score (nSPS) is 12.5. The highest BCUT2D eigenvalue weighted by Crippen LogP contribution is 2.10. The third kappa shape index (κ3) is 9.81. The smallest absolute Gasteiger partial charge is 0.322 e. The van der Waals surface area contributed by atoms with Crippen molar-refractivity contribution in [3.63, 3.8) is 0 Å². The maximum Gasteiger partial charge on any atom is 0.322 e. The Morgan fingerprint density at radius 3 is 2.28 bits per heavy atom. The molecule has 0 saturated heterocycles. The average Bonchev–Trinajstić information content (AvgIpc) is 2.68. The van der Waals surface area contributed by atoms with Gasteiger partial charge in [0.25, 0.3) is 0 Å². The number of hydrogen-bond acceptors (Lipinski definition) is 7. The molecule has 10 nitrogen and oxygen atoms in total. The van der Waals surface area contributed by atoms with E-state index in [4.69, 9.17) is 10.8 Å². The molecule has 0 spiro atoms. The molecule has 2 unspecified atom stereocenters. The van der Waals surface area contributed by atoms with Gasteiger partial charge in [-0.2, -0.15) is 11.8 Å². The molecular weight excluding hydrogens is 400 g/mol. The van der Waals surface area contributed by atoms with Gasteiger partial charge < -0.3 is 31.9 Å². The molecule has 29 heavy (non-hydrogen) atoms. The van der Waals surface area contributed by atoms with E-state index in [1.54, 1.807) is 12.1 Å². The van der Waals surface area contributed by atoms with Crippen LogP contribution in [-0.2, 0) is 25.6 Å². The van der Waals surface area contributed by atoms with Crippen LogP contribution in [0.3, 0.4) is 0 Å². The Bertz CT molecular complexity index is 713. The fourth-order valence-electron chi connectivity index (χ4n) is 2.31. The quantitative estimate of drug-likeness (QED) is 0.242. The van der Waals surface area contributed by atoms with E-state index >= 15 is 0 Å². The molecule has 0 bridgehead atoms. The number of carbonyl (C=O) groups excluding carboxylic acids is 3. The Balaban J connectivity index is 2.49. The molecule has 0 aliphatic heterocycles. The molecule has 0 fully saturated rings. The van der Waals surface area contributed by atoms with Crippen LogP contribution in [0, 0.1) is 0 Å². The predicted molar refractivity (Wildman–Crippen MR) is 108 cm³/mol. The number of carboxylic acids is 1. The van der Waals surface area contributed by atoms with Gasteiger partial charge in [-0.15, -0.1) is 0 Å². The van der Waals surface area contributed by atoms with Crippen molar-refractivity contribution in [2.24, 2.45) is 5.73 Å². The van der Waals surface area contributed by atoms with Crippen LogP contribution in [-0.4, -0.2) is 71.1 Å². The van der Waals surface area contributed by atoms with Crippen LogP contribution in [0.1, 0.15) is 12.0 Å². The summed E-state index contributed by atoms with van der Waals surface area (Å²) in [5.74, 6) is -2.24. The Hall–Kier alpha value is -2.79. The van der Waals surface area contributed by atoms with Crippen molar-refractivity contribution in [2.45, 2.75) is 24.9 Å². The predicted octanol–water partition coefficient (Wildman–Crippen LogP) is -1.18. The summed E-state index contributed by atoms with van der Waals surface area (Å²) in [4.78, 5) is 46.8. The number of phenols is 1. The minimum Gasteiger partial charge on any atom is -0.508 e. The van der Waals surface area contributed by atoms with E-state index in [0.717, 1.165) is 5.56 Å². The number of carboxylic acid groups (broad SMARTS) is 1. The topological polar surface area (TPSA) is 171 Å². The summed E-state index contributed by atoms with van der Waals surface area (Å²) in [6.07, 6.45) is 2.37. The lowest BCUT2D eigenvalue weighted by molar-refractivity contribution is -0.138. The van der Waals surface area contributed by atoms with Crippen LogP contribution < -0.4 is 21.7 Å². The third-order valence-corrected chi connectivity index (χ3v) is 4.47. The number of phenolic OH excluding ortho intramolecular Hbond substituents is 1. The van der Waals surface area contributed by atoms with Crippen molar-refractivity contribution in [3.05, 3.63) is 29.8 Å². The third-order valence-electron chi connectivity index (χ3n) is 3.83. The molecule has 160 valence electrons. The number of thioether (sulfide) groups is 1. The van der Waals surface area contributed by atoms with E-state index in [-0.39, 0.29) is 18.7 Å². The molecule has 1 rings (SSSR count). The number of rotatable bonds is 12. The highest BCUT2D eigenvalue weighted by molar-refractivity contribution is 7.98. The second-order valence-corrected chi connectivity index (χ2v) is 7.19. The van der Waals surface area contributed by atoms with Crippen molar-refractivity contribution < 1.29 is 29.4 Å². The molecule has 0 aliphatic carbocycles. The highest BCUT2D eigenvalue weighted by Gasteiger charge is 2.22. The lowest BCUT2D eigenvalue weighted by atomic mass is 10.1. The van der Waals surface area contributed by atoms with Crippen LogP contribution in [0.4, 0.5) is 0 Å². The molecule has 11 heteroatoms. The zero-order valence-corrected chi connectivity index (χ0v) is 16.8. The van der Waals surface area contributed by atoms with Gasteiger partial charge in [0.1, 0.15) is 18.3 Å². The first kappa shape index (κ1) is 24.2. The summed E-state index contributed by atoms with van der Waals surface area (Å²) in [5, 5.41) is 25.0. The standard InChI is InChI=1S/C18H26N4O6S/c1-29-7-6-14(18(28)21-10-16(25)26)22-15(24)9-20-17(27)13(19)8-11-2-4-12(23)5-3-11/h2-5,13-14,23H,6-10,19H2,1H3,(H,20,27)(H,21,28)(H,22,24)(H,25,26). The largest absolute Gasteiger partial charge is 0.508 e. The Morgan fingerprint density at radius 1 is 1.07 bits per heavy atom. The first-order chi connectivity index (χ1) is 13.7. The van der Waals surface area contributed by atoms with Gasteiger partial charge in [0.2, 0.25) is 17.7 Å². The number of hydrogen-bond donors (Lipinski definition) is 6. The molecule has 1 aromatic rings. The van der Waals surface area contributed by atoms with Crippen molar-refractivity contribution in [1.82, 2.24) is 16.0 Å². The molecule has 0 saturated carbocycles. The van der Waals surface area contributed by atoms with Gasteiger partial charge in [-0.1, -0.05) is 12.1 Å². The fraction of sp³-hybridized carbons (Fsp3) is 0.444. The van der Waals surface area contributed by atoms with E-state index < -0.39 is 42.3 Å². The zero-order valence-electron chi connectivity index (χ0n) is 16.0. The first-order valence-corrected chi connectivity index (χ1v) is 10.2. The van der Waals surface area contributed by atoms with Crippen molar-refractivity contribution >= 4 is 35.5 Å². The second kappa shape index (κ2) is 12.6. The van der Waals surface area contributed by atoms with Crippen LogP contribution >= 0.6 is 11.8 Å². The van der Waals surface area contributed by atoms with E-state index in [9.17, 15) is 24.3 Å². The van der Waals surface area contributed by atoms with Crippen LogP contribution in [0.25, 0.3) is 0 Å². The summed E-state index contributed by atoms with van der Waals surface area (Å²) >= 11 is 1.47. The number of benzene rings is 1. The number of carbonyl (C=O) groups is 4. The monoisotopic (exact) mass is 426 g/mol. The van der Waals surface area contributed by atoms with Crippen molar-refractivity contribution in [3.8, 4) is 5.75 Å². The van der Waals surface area contributed by atoms with Gasteiger partial charge in [-0.25, -0.2) is 0 Å². The summed E-state index contributed by atoms with van der Waals surface area (Å²) in [7, 11) is 0. The number of nitrogens with two attached hydrogens (primary N) is 1. The van der Waals surface area contributed by atoms with E-state index in [2.05, 4.69) is 16.0 Å². The second-order valence-electron chi connectivity index (χ2n) is 6.21. The number of nitrogens with one attached hydrogen (secondary N) is 3. The molecular formula is C18H26N4O6S. The molecule has 0 aliphatic rings. The maximum atomic E-state index is 12.1. The van der Waals surface area contributed by atoms with Gasteiger partial charge in [-0.05, 0) is 42.5 Å². The molecule has 3 amide bonds. The fourth-order valence-corrected chi connectivity index (χ4v) is 2.78. The van der Waals surface area contributed by atoms with Gasteiger partial charge in [0.05, 0.1) is 12.6 Å². The lowest BCUT2D eigenvalue weighted by Crippen LogP contribution is -2.51. The zero-order chi connectivity index (χ0) is 21.8. The number of aliphatic carboxylic acids is 1. The van der Waals surface area contributed by atoms with E-state index in [1.165, 1.54) is 23.9 Å². The molecule has 0 heterocycles. The molecule has 0 aromatic heterocycles. The minimum atomic E-state index is -1.19. The maximum absolute atomic E-state index is 12.1. The van der Waals surface area contributed by atoms with Gasteiger partial charge >= 0.3 is 5.97 Å². The first-order valence-electron chi connectivity index (χ1n) is 8.82. The Morgan fingerprint density at radius 2 is 1.69 bits per heavy atom. The average molecular weight is 426 g/mol. The SMILES string of the molecule is CSCCC(NC(=O)CNC(=O)C(N)Cc1ccc(O)cc1)C(=O)NCC(=O)O.